The van der Waals surface area contributed by atoms with Gasteiger partial charge in [0.1, 0.15) is 6.07 Å². The van der Waals surface area contributed by atoms with Crippen LogP contribution in [0.2, 0.25) is 0 Å². The molecule has 17 heavy (non-hydrogen) atoms. The van der Waals surface area contributed by atoms with Crippen LogP contribution in [0.5, 0.6) is 11.5 Å². The zero-order chi connectivity index (χ0) is 12.8. The van der Waals surface area contributed by atoms with E-state index in [-0.39, 0.29) is 6.61 Å². The van der Waals surface area contributed by atoms with Crippen LogP contribution in [-0.2, 0) is 0 Å². The van der Waals surface area contributed by atoms with Crippen LogP contribution >= 0.6 is 31.9 Å². The molecule has 0 heterocycles. The molecule has 1 rings (SSSR count). The molecule has 0 aliphatic rings. The second kappa shape index (κ2) is 6.62. The van der Waals surface area contributed by atoms with E-state index in [1.807, 2.05) is 13.0 Å². The number of aldehydes is 1. The minimum Gasteiger partial charge on any atom is -0.490 e. The molecule has 0 atom stereocenters. The zero-order valence-electron chi connectivity index (χ0n) is 9.00. The largest absolute Gasteiger partial charge is 0.490 e. The van der Waals surface area contributed by atoms with Crippen molar-refractivity contribution in [2.24, 2.45) is 0 Å². The van der Waals surface area contributed by atoms with Gasteiger partial charge in [0.15, 0.2) is 24.4 Å². The van der Waals surface area contributed by atoms with Crippen molar-refractivity contribution < 1.29 is 14.3 Å². The summed E-state index contributed by atoms with van der Waals surface area (Å²) >= 11 is 6.57. The molecule has 0 unspecified atom stereocenters. The van der Waals surface area contributed by atoms with E-state index < -0.39 is 0 Å². The molecule has 0 aliphatic carbocycles. The number of nitrogens with zero attached hydrogens (tertiary/aromatic N) is 1. The fourth-order valence-corrected chi connectivity index (χ4v) is 2.12. The SMILES string of the molecule is CCOc1cc(C=O)c(Br)c(Br)c1OCC#N. The lowest BCUT2D eigenvalue weighted by Gasteiger charge is -2.14. The monoisotopic (exact) mass is 361 g/mol. The van der Waals surface area contributed by atoms with E-state index >= 15 is 0 Å². The summed E-state index contributed by atoms with van der Waals surface area (Å²) in [5.74, 6) is 0.839. The average Bonchev–Trinajstić information content (AvgIpc) is 2.33. The summed E-state index contributed by atoms with van der Waals surface area (Å²) in [7, 11) is 0. The molecule has 0 aliphatic heterocycles. The van der Waals surface area contributed by atoms with Crippen LogP contribution in [0.1, 0.15) is 17.3 Å². The van der Waals surface area contributed by atoms with Crippen LogP contribution in [0, 0.1) is 11.3 Å². The third kappa shape index (κ3) is 3.20. The first-order chi connectivity index (χ1) is 8.15. The molecular weight excluding hydrogens is 354 g/mol. The van der Waals surface area contributed by atoms with E-state index in [9.17, 15) is 4.79 Å². The summed E-state index contributed by atoms with van der Waals surface area (Å²) in [4.78, 5) is 10.9. The van der Waals surface area contributed by atoms with Crippen LogP contribution in [0.25, 0.3) is 0 Å². The molecule has 90 valence electrons. The van der Waals surface area contributed by atoms with E-state index in [4.69, 9.17) is 14.7 Å². The Balaban J connectivity index is 3.28. The molecule has 0 saturated heterocycles. The highest BCUT2D eigenvalue weighted by molar-refractivity contribution is 9.13. The number of carbonyl (C=O) groups excluding carboxylic acids is 1. The summed E-state index contributed by atoms with van der Waals surface area (Å²) in [6, 6.07) is 3.44. The van der Waals surface area contributed by atoms with Gasteiger partial charge in [-0.1, -0.05) is 0 Å². The van der Waals surface area contributed by atoms with Gasteiger partial charge in [-0.25, -0.2) is 0 Å². The number of hydrogen-bond donors (Lipinski definition) is 0. The van der Waals surface area contributed by atoms with Gasteiger partial charge in [-0.05, 0) is 44.8 Å². The van der Waals surface area contributed by atoms with Crippen molar-refractivity contribution in [2.75, 3.05) is 13.2 Å². The Bertz CT molecular complexity index is 469. The second-order valence-corrected chi connectivity index (χ2v) is 4.50. The third-order valence-corrected chi connectivity index (χ3v) is 4.01. The Morgan fingerprint density at radius 2 is 2.12 bits per heavy atom. The lowest BCUT2D eigenvalue weighted by molar-refractivity contribution is 0.112. The maximum atomic E-state index is 10.9. The van der Waals surface area contributed by atoms with Crippen molar-refractivity contribution in [2.45, 2.75) is 6.92 Å². The molecule has 4 nitrogen and oxygen atoms in total. The van der Waals surface area contributed by atoms with Crippen LogP contribution in [0.4, 0.5) is 0 Å². The Labute approximate surface area is 116 Å². The molecule has 0 amide bonds. The Morgan fingerprint density at radius 1 is 1.41 bits per heavy atom. The van der Waals surface area contributed by atoms with E-state index in [0.717, 1.165) is 0 Å². The Hall–Kier alpha value is -1.06. The van der Waals surface area contributed by atoms with Crippen molar-refractivity contribution in [3.05, 3.63) is 20.6 Å². The summed E-state index contributed by atoms with van der Waals surface area (Å²) in [5, 5.41) is 8.51. The molecule has 0 bridgehead atoms. The molecule has 1 aromatic rings. The van der Waals surface area contributed by atoms with Gasteiger partial charge in [0.2, 0.25) is 0 Å². The fraction of sp³-hybridized carbons (Fsp3) is 0.273. The molecule has 0 fully saturated rings. The first-order valence-corrected chi connectivity index (χ1v) is 6.34. The first-order valence-electron chi connectivity index (χ1n) is 4.75. The van der Waals surface area contributed by atoms with Gasteiger partial charge < -0.3 is 9.47 Å². The van der Waals surface area contributed by atoms with Crippen LogP contribution in [0.3, 0.4) is 0 Å². The second-order valence-electron chi connectivity index (χ2n) is 2.92. The standard InChI is InChI=1S/C11H9Br2NO3/c1-2-16-8-5-7(6-15)9(12)10(13)11(8)17-4-3-14/h5-6H,2,4H2,1H3. The van der Waals surface area contributed by atoms with Gasteiger partial charge in [0, 0.05) is 10.0 Å². The van der Waals surface area contributed by atoms with Crippen molar-refractivity contribution in [3.63, 3.8) is 0 Å². The topological polar surface area (TPSA) is 59.3 Å². The predicted octanol–water partition coefficient (Wildman–Crippen LogP) is 3.33. The van der Waals surface area contributed by atoms with E-state index in [0.29, 0.717) is 38.9 Å². The quantitative estimate of drug-likeness (QED) is 0.754. The van der Waals surface area contributed by atoms with Crippen molar-refractivity contribution in [1.82, 2.24) is 0 Å². The maximum Gasteiger partial charge on any atom is 0.178 e. The first kappa shape index (κ1) is 14.0. The summed E-state index contributed by atoms with van der Waals surface area (Å²) in [5.41, 5.74) is 0.449. The summed E-state index contributed by atoms with van der Waals surface area (Å²) < 4.78 is 11.8. The Morgan fingerprint density at radius 3 is 2.65 bits per heavy atom. The highest BCUT2D eigenvalue weighted by Crippen LogP contribution is 2.42. The highest BCUT2D eigenvalue weighted by atomic mass is 79.9. The van der Waals surface area contributed by atoms with Gasteiger partial charge in [-0.3, -0.25) is 4.79 Å². The molecule has 0 saturated carbocycles. The fourth-order valence-electron chi connectivity index (χ4n) is 1.19. The molecular formula is C11H9Br2NO3. The average molecular weight is 363 g/mol. The molecule has 0 N–H and O–H groups in total. The van der Waals surface area contributed by atoms with Crippen molar-refractivity contribution in [3.8, 4) is 17.6 Å². The van der Waals surface area contributed by atoms with Crippen LogP contribution in [0.15, 0.2) is 15.0 Å². The number of rotatable bonds is 5. The number of ether oxygens (including phenoxy) is 2. The maximum absolute atomic E-state index is 10.9. The third-order valence-electron chi connectivity index (χ3n) is 1.86. The summed E-state index contributed by atoms with van der Waals surface area (Å²) in [6.45, 7) is 2.17. The predicted molar refractivity (Wildman–Crippen MR) is 69.5 cm³/mol. The summed E-state index contributed by atoms with van der Waals surface area (Å²) in [6.07, 6.45) is 0.714. The van der Waals surface area contributed by atoms with Crippen LogP contribution in [-0.4, -0.2) is 19.5 Å². The van der Waals surface area contributed by atoms with Gasteiger partial charge in [-0.2, -0.15) is 5.26 Å². The van der Waals surface area contributed by atoms with Gasteiger partial charge in [0.05, 0.1) is 11.1 Å². The van der Waals surface area contributed by atoms with E-state index in [1.165, 1.54) is 0 Å². The smallest absolute Gasteiger partial charge is 0.178 e. The van der Waals surface area contributed by atoms with E-state index in [2.05, 4.69) is 31.9 Å². The highest BCUT2D eigenvalue weighted by Gasteiger charge is 2.17. The van der Waals surface area contributed by atoms with Gasteiger partial charge in [-0.15, -0.1) is 0 Å². The van der Waals surface area contributed by atoms with Gasteiger partial charge in [0.25, 0.3) is 0 Å². The number of nitriles is 1. The van der Waals surface area contributed by atoms with Crippen LogP contribution < -0.4 is 9.47 Å². The lowest BCUT2D eigenvalue weighted by atomic mass is 10.2. The zero-order valence-corrected chi connectivity index (χ0v) is 12.2. The van der Waals surface area contributed by atoms with E-state index in [1.54, 1.807) is 6.07 Å². The molecule has 0 aromatic heterocycles. The normalized spacial score (nSPS) is 9.53. The number of hydrogen-bond acceptors (Lipinski definition) is 4. The molecule has 6 heteroatoms. The minimum atomic E-state index is -0.0917. The van der Waals surface area contributed by atoms with Gasteiger partial charge >= 0.3 is 0 Å². The lowest BCUT2D eigenvalue weighted by Crippen LogP contribution is -2.02. The molecule has 1 aromatic carbocycles. The van der Waals surface area contributed by atoms with Crippen molar-refractivity contribution >= 4 is 38.1 Å². The Kier molecular flexibility index (Phi) is 5.45. The van der Waals surface area contributed by atoms with Crippen molar-refractivity contribution in [1.29, 1.82) is 5.26 Å². The number of benzene rings is 1. The molecule has 0 spiro atoms. The number of carbonyl (C=O) groups is 1. The minimum absolute atomic E-state index is 0.0917. The number of halogens is 2. The molecule has 0 radical (unpaired) electrons.